The van der Waals surface area contributed by atoms with Gasteiger partial charge < -0.3 is 39.7 Å². The molecule has 14 heteroatoms. The molecule has 0 aromatic heterocycles. The van der Waals surface area contributed by atoms with Gasteiger partial charge in [0.1, 0.15) is 11.5 Å². The van der Waals surface area contributed by atoms with Crippen molar-refractivity contribution < 1.29 is 57.1 Å². The molecule has 0 spiro atoms. The molecular formula is C28H28F4N2O8. The molecule has 0 atom stereocenters. The maximum atomic E-state index is 14.8. The van der Waals surface area contributed by atoms with Crippen molar-refractivity contribution >= 4 is 11.8 Å². The lowest BCUT2D eigenvalue weighted by molar-refractivity contribution is 0.0680. The molecule has 42 heavy (non-hydrogen) atoms. The number of ether oxygens (including phenoxy) is 2. The molecule has 0 aliphatic carbocycles. The Morgan fingerprint density at radius 1 is 0.524 bits per heavy atom. The van der Waals surface area contributed by atoms with Crippen molar-refractivity contribution in [3.63, 3.8) is 0 Å². The topological polar surface area (TPSA) is 140 Å². The minimum Gasteiger partial charge on any atom is -0.451 e. The summed E-state index contributed by atoms with van der Waals surface area (Å²) in [6.45, 7) is -1.56. The molecule has 0 saturated carbocycles. The first-order valence-electron chi connectivity index (χ1n) is 12.6. The zero-order chi connectivity index (χ0) is 30.8. The van der Waals surface area contributed by atoms with Crippen LogP contribution in [0.1, 0.15) is 20.7 Å². The third-order valence-corrected chi connectivity index (χ3v) is 5.88. The molecule has 3 aromatic rings. The Bertz CT molecular complexity index is 1230. The van der Waals surface area contributed by atoms with Gasteiger partial charge >= 0.3 is 0 Å². The molecule has 0 radical (unpaired) electrons. The van der Waals surface area contributed by atoms with E-state index in [2.05, 4.69) is 0 Å². The number of hydrogen-bond acceptors (Lipinski definition) is 8. The largest absolute Gasteiger partial charge is 0.451 e. The van der Waals surface area contributed by atoms with Crippen molar-refractivity contribution in [3.8, 4) is 23.0 Å². The van der Waals surface area contributed by atoms with Gasteiger partial charge in [-0.25, -0.2) is 0 Å². The van der Waals surface area contributed by atoms with Crippen molar-refractivity contribution in [2.75, 3.05) is 52.6 Å². The minimum atomic E-state index is -1.89. The van der Waals surface area contributed by atoms with E-state index in [4.69, 9.17) is 29.9 Å². The van der Waals surface area contributed by atoms with Gasteiger partial charge in [0.2, 0.25) is 34.8 Å². The smallest absolute Gasteiger partial charge is 0.254 e. The van der Waals surface area contributed by atoms with Crippen LogP contribution in [0.15, 0.2) is 48.5 Å². The van der Waals surface area contributed by atoms with Gasteiger partial charge in [-0.3, -0.25) is 9.59 Å². The zero-order valence-electron chi connectivity index (χ0n) is 22.1. The average molecular weight is 597 g/mol. The van der Waals surface area contributed by atoms with Gasteiger partial charge in [-0.15, -0.1) is 0 Å². The molecule has 0 aliphatic heterocycles. The Balaban J connectivity index is 1.79. The van der Waals surface area contributed by atoms with Crippen LogP contribution in [0.4, 0.5) is 17.6 Å². The van der Waals surface area contributed by atoms with Crippen molar-refractivity contribution in [1.82, 2.24) is 9.80 Å². The van der Waals surface area contributed by atoms with Gasteiger partial charge in [-0.05, 0) is 48.5 Å². The molecule has 10 nitrogen and oxygen atoms in total. The summed E-state index contributed by atoms with van der Waals surface area (Å²) in [6.07, 6.45) is 0. The van der Waals surface area contributed by atoms with Crippen LogP contribution in [-0.4, -0.2) is 94.6 Å². The van der Waals surface area contributed by atoms with Crippen LogP contribution in [0.25, 0.3) is 0 Å². The molecular weight excluding hydrogens is 568 g/mol. The molecule has 0 saturated heterocycles. The predicted molar refractivity (Wildman–Crippen MR) is 139 cm³/mol. The third-order valence-electron chi connectivity index (χ3n) is 5.88. The Morgan fingerprint density at radius 2 is 0.786 bits per heavy atom. The lowest BCUT2D eigenvalue weighted by Crippen LogP contribution is -2.35. The molecule has 0 fully saturated rings. The van der Waals surface area contributed by atoms with Gasteiger partial charge in [0.25, 0.3) is 11.8 Å². The van der Waals surface area contributed by atoms with Crippen LogP contribution in [0.3, 0.4) is 0 Å². The summed E-state index contributed by atoms with van der Waals surface area (Å²) in [5.41, 5.74) is 0.182. The number of benzene rings is 3. The van der Waals surface area contributed by atoms with Gasteiger partial charge in [0.05, 0.1) is 26.4 Å². The van der Waals surface area contributed by atoms with E-state index in [9.17, 15) is 27.2 Å². The van der Waals surface area contributed by atoms with E-state index in [0.717, 1.165) is 24.3 Å². The van der Waals surface area contributed by atoms with Gasteiger partial charge in [0, 0.05) is 37.3 Å². The van der Waals surface area contributed by atoms with E-state index >= 15 is 0 Å². The highest BCUT2D eigenvalue weighted by molar-refractivity contribution is 5.95. The van der Waals surface area contributed by atoms with E-state index in [1.54, 1.807) is 0 Å². The summed E-state index contributed by atoms with van der Waals surface area (Å²) < 4.78 is 69.2. The fraction of sp³-hybridized carbons (Fsp3) is 0.286. The van der Waals surface area contributed by atoms with Gasteiger partial charge in [0.15, 0.2) is 0 Å². The summed E-state index contributed by atoms with van der Waals surface area (Å²) in [5, 5.41) is 36.3. The van der Waals surface area contributed by atoms with Gasteiger partial charge in [-0.1, -0.05) is 0 Å². The first kappa shape index (κ1) is 32.3. The molecule has 0 heterocycles. The summed E-state index contributed by atoms with van der Waals surface area (Å²) in [5.74, 6) is -12.0. The van der Waals surface area contributed by atoms with Crippen molar-refractivity contribution in [2.24, 2.45) is 0 Å². The zero-order valence-corrected chi connectivity index (χ0v) is 22.1. The van der Waals surface area contributed by atoms with Crippen LogP contribution in [-0.2, 0) is 0 Å². The monoisotopic (exact) mass is 596 g/mol. The Morgan fingerprint density at radius 3 is 1.02 bits per heavy atom. The van der Waals surface area contributed by atoms with E-state index in [-0.39, 0.29) is 75.2 Å². The molecule has 0 bridgehead atoms. The molecule has 226 valence electrons. The quantitative estimate of drug-likeness (QED) is 0.165. The Labute approximate surface area is 237 Å². The first-order chi connectivity index (χ1) is 20.2. The number of hydrogen-bond donors (Lipinski definition) is 4. The number of rotatable bonds is 14. The second-order valence-corrected chi connectivity index (χ2v) is 8.65. The lowest BCUT2D eigenvalue weighted by Gasteiger charge is -2.21. The summed E-state index contributed by atoms with van der Waals surface area (Å²) >= 11 is 0. The summed E-state index contributed by atoms with van der Waals surface area (Å²) in [6, 6.07) is 9.42. The van der Waals surface area contributed by atoms with Crippen molar-refractivity contribution in [2.45, 2.75) is 0 Å². The second-order valence-electron chi connectivity index (χ2n) is 8.65. The van der Waals surface area contributed by atoms with Crippen LogP contribution < -0.4 is 9.47 Å². The molecule has 4 N–H and O–H groups in total. The van der Waals surface area contributed by atoms with E-state index < -0.39 is 46.6 Å². The minimum absolute atomic E-state index is 0.0445. The number of aliphatic hydroxyl groups is 4. The molecule has 3 rings (SSSR count). The number of carbonyl (C=O) groups is 2. The summed E-state index contributed by atoms with van der Waals surface area (Å²) in [7, 11) is 0. The summed E-state index contributed by atoms with van der Waals surface area (Å²) in [4.78, 5) is 27.4. The predicted octanol–water partition coefficient (Wildman–Crippen LogP) is 2.68. The van der Waals surface area contributed by atoms with E-state index in [1.165, 1.54) is 34.1 Å². The number of halogens is 4. The van der Waals surface area contributed by atoms with Crippen molar-refractivity contribution in [3.05, 3.63) is 82.9 Å². The highest BCUT2D eigenvalue weighted by atomic mass is 19.2. The van der Waals surface area contributed by atoms with Crippen LogP contribution >= 0.6 is 0 Å². The first-order valence-corrected chi connectivity index (χ1v) is 12.6. The SMILES string of the molecule is O=C(c1ccc(Oc2c(F)c(F)c(Oc3ccc(C(=O)N(CCO)CCO)cc3)c(F)c2F)cc1)N(CCO)CCO. The van der Waals surface area contributed by atoms with Crippen LogP contribution in [0.2, 0.25) is 0 Å². The standard InChI is InChI=1S/C28H28F4N2O8/c29-21-23(31)26(42-20-7-3-18(4-8-20)28(40)34(11-15-37)12-16-38)24(32)22(30)25(21)41-19-5-1-17(2-6-19)27(39)33(9-13-35)10-14-36/h1-8,35-38H,9-16H2. The van der Waals surface area contributed by atoms with E-state index in [0.29, 0.717) is 0 Å². The number of aliphatic hydroxyl groups excluding tert-OH is 4. The fourth-order valence-corrected chi connectivity index (χ4v) is 3.82. The molecule has 3 aromatic carbocycles. The number of amides is 2. The van der Waals surface area contributed by atoms with Crippen LogP contribution in [0, 0.1) is 23.3 Å². The third kappa shape index (κ3) is 7.53. The average Bonchev–Trinajstić information content (AvgIpc) is 3.00. The number of carbonyl (C=O) groups excluding carboxylic acids is 2. The molecule has 0 unspecified atom stereocenters. The normalized spacial score (nSPS) is 10.9. The highest BCUT2D eigenvalue weighted by Gasteiger charge is 2.29. The van der Waals surface area contributed by atoms with E-state index in [1.807, 2.05) is 0 Å². The Hall–Kier alpha value is -4.24. The molecule has 0 aliphatic rings. The lowest BCUT2D eigenvalue weighted by atomic mass is 10.2. The fourth-order valence-electron chi connectivity index (χ4n) is 3.82. The van der Waals surface area contributed by atoms with Crippen LogP contribution in [0.5, 0.6) is 23.0 Å². The second kappa shape index (κ2) is 15.1. The highest BCUT2D eigenvalue weighted by Crippen LogP contribution is 2.38. The van der Waals surface area contributed by atoms with Crippen molar-refractivity contribution in [1.29, 1.82) is 0 Å². The maximum absolute atomic E-state index is 14.8. The van der Waals surface area contributed by atoms with Gasteiger partial charge in [-0.2, -0.15) is 17.6 Å². The maximum Gasteiger partial charge on any atom is 0.254 e. The Kier molecular flexibility index (Phi) is 11.6. The molecule has 2 amide bonds. The number of nitrogens with zero attached hydrogens (tertiary/aromatic N) is 2.